The number of carbonyl (C=O) groups excluding carboxylic acids is 1. The van der Waals surface area contributed by atoms with Crippen LogP contribution >= 0.6 is 0 Å². The van der Waals surface area contributed by atoms with Gasteiger partial charge in [-0.3, -0.25) is 4.79 Å². The number of aromatic nitrogens is 2. The number of anilines is 1. The molecule has 0 saturated carbocycles. The summed E-state index contributed by atoms with van der Waals surface area (Å²) in [5.74, 6) is 0.551. The number of nitrogens with zero attached hydrogens (tertiary/aromatic N) is 4. The van der Waals surface area contributed by atoms with E-state index >= 15 is 0 Å². The summed E-state index contributed by atoms with van der Waals surface area (Å²) >= 11 is 0. The van der Waals surface area contributed by atoms with Crippen LogP contribution < -0.4 is 14.4 Å². The van der Waals surface area contributed by atoms with E-state index in [0.717, 1.165) is 16.8 Å². The van der Waals surface area contributed by atoms with Gasteiger partial charge in [-0.05, 0) is 48.9 Å². The summed E-state index contributed by atoms with van der Waals surface area (Å²) in [7, 11) is -2.11. The maximum Gasteiger partial charge on any atom is 0.319 e. The summed E-state index contributed by atoms with van der Waals surface area (Å²) in [5.41, 5.74) is 2.85. The van der Waals surface area contributed by atoms with E-state index in [1.807, 2.05) is 0 Å². The normalized spacial score (nSPS) is 19.4. The molecule has 0 unspecified atom stereocenters. The number of hydrogen-bond acceptors (Lipinski definition) is 7. The van der Waals surface area contributed by atoms with Crippen LogP contribution in [-0.2, 0) is 27.7 Å². The molecule has 4 heterocycles. The summed E-state index contributed by atoms with van der Waals surface area (Å²) < 4.78 is 39.1. The average molecular weight is 445 g/mol. The molecule has 31 heavy (non-hydrogen) atoms. The Hall–Kier alpha value is -2.72. The number of carbonyl (C=O) groups is 1. The SMILES string of the molecule is COc1nccc(OC2CCN(S(=O)(=O)c3cc4c5c(c3)CCN5C(=O)CC4)CC2)n1. The van der Waals surface area contributed by atoms with E-state index in [1.54, 1.807) is 29.3 Å². The predicted octanol–water partition coefficient (Wildman–Crippen LogP) is 1.55. The second-order valence-corrected chi connectivity index (χ2v) is 9.93. The van der Waals surface area contributed by atoms with Gasteiger partial charge in [0.05, 0.1) is 17.7 Å². The van der Waals surface area contributed by atoms with Gasteiger partial charge in [-0.1, -0.05) is 0 Å². The Balaban J connectivity index is 1.30. The first kappa shape index (κ1) is 20.2. The third kappa shape index (κ3) is 3.63. The molecule has 164 valence electrons. The van der Waals surface area contributed by atoms with Crippen molar-refractivity contribution < 1.29 is 22.7 Å². The zero-order chi connectivity index (χ0) is 21.6. The lowest BCUT2D eigenvalue weighted by molar-refractivity contribution is -0.118. The number of benzene rings is 1. The molecule has 0 radical (unpaired) electrons. The number of sulfonamides is 1. The van der Waals surface area contributed by atoms with Crippen LogP contribution in [-0.4, -0.2) is 61.4 Å². The highest BCUT2D eigenvalue weighted by molar-refractivity contribution is 7.89. The van der Waals surface area contributed by atoms with Crippen molar-refractivity contribution in [3.05, 3.63) is 35.5 Å². The summed E-state index contributed by atoms with van der Waals surface area (Å²) in [6.07, 6.45) is 4.33. The number of amides is 1. The Labute approximate surface area is 181 Å². The van der Waals surface area contributed by atoms with Gasteiger partial charge in [0.15, 0.2) is 0 Å². The molecule has 3 aliphatic heterocycles. The molecule has 0 spiro atoms. The Bertz CT molecular complexity index is 1130. The Morgan fingerprint density at radius 2 is 1.81 bits per heavy atom. The largest absolute Gasteiger partial charge is 0.474 e. The van der Waals surface area contributed by atoms with Crippen molar-refractivity contribution >= 4 is 21.6 Å². The van der Waals surface area contributed by atoms with Crippen LogP contribution in [0.5, 0.6) is 11.9 Å². The lowest BCUT2D eigenvalue weighted by Crippen LogP contribution is -2.41. The highest BCUT2D eigenvalue weighted by atomic mass is 32.2. The molecule has 0 bridgehead atoms. The summed E-state index contributed by atoms with van der Waals surface area (Å²) in [4.78, 5) is 22.4. The molecule has 1 aromatic heterocycles. The second-order valence-electron chi connectivity index (χ2n) is 7.99. The zero-order valence-corrected chi connectivity index (χ0v) is 18.1. The van der Waals surface area contributed by atoms with Crippen molar-refractivity contribution in [3.63, 3.8) is 0 Å². The van der Waals surface area contributed by atoms with Crippen molar-refractivity contribution in [2.75, 3.05) is 31.6 Å². The van der Waals surface area contributed by atoms with Crippen LogP contribution in [0.1, 0.15) is 30.4 Å². The minimum absolute atomic E-state index is 0.119. The molecule has 1 fully saturated rings. The molecule has 1 saturated heterocycles. The highest BCUT2D eigenvalue weighted by Crippen LogP contribution is 2.39. The monoisotopic (exact) mass is 444 g/mol. The zero-order valence-electron chi connectivity index (χ0n) is 17.3. The number of rotatable bonds is 5. The average Bonchev–Trinajstić information content (AvgIpc) is 3.22. The van der Waals surface area contributed by atoms with E-state index in [1.165, 1.54) is 11.4 Å². The number of methoxy groups -OCH3 is 1. The van der Waals surface area contributed by atoms with Crippen LogP contribution in [0.2, 0.25) is 0 Å². The first-order valence-electron chi connectivity index (χ1n) is 10.5. The van der Waals surface area contributed by atoms with E-state index in [9.17, 15) is 13.2 Å². The van der Waals surface area contributed by atoms with Crippen molar-refractivity contribution in [1.82, 2.24) is 14.3 Å². The molecule has 0 aliphatic carbocycles. The molecular weight excluding hydrogens is 420 g/mol. The minimum Gasteiger partial charge on any atom is -0.474 e. The molecule has 0 N–H and O–H groups in total. The van der Waals surface area contributed by atoms with Crippen LogP contribution in [0.25, 0.3) is 0 Å². The summed E-state index contributed by atoms with van der Waals surface area (Å²) in [5, 5.41) is 0. The third-order valence-corrected chi connectivity index (χ3v) is 8.02. The predicted molar refractivity (Wildman–Crippen MR) is 112 cm³/mol. The van der Waals surface area contributed by atoms with Crippen LogP contribution in [0.15, 0.2) is 29.3 Å². The molecule has 10 heteroatoms. The number of hydrogen-bond donors (Lipinski definition) is 0. The van der Waals surface area contributed by atoms with E-state index < -0.39 is 10.0 Å². The molecular formula is C21H24N4O5S. The Kier molecular flexibility index (Phi) is 5.05. The third-order valence-electron chi connectivity index (χ3n) is 6.14. The Morgan fingerprint density at radius 1 is 1.06 bits per heavy atom. The fourth-order valence-electron chi connectivity index (χ4n) is 4.57. The Morgan fingerprint density at radius 3 is 2.55 bits per heavy atom. The van der Waals surface area contributed by atoms with Crippen molar-refractivity contribution in [1.29, 1.82) is 0 Å². The number of piperidine rings is 1. The van der Waals surface area contributed by atoms with E-state index in [2.05, 4.69) is 9.97 Å². The quantitative estimate of drug-likeness (QED) is 0.690. The van der Waals surface area contributed by atoms with Crippen molar-refractivity contribution in [2.45, 2.75) is 43.1 Å². The van der Waals surface area contributed by atoms with E-state index in [-0.39, 0.29) is 18.0 Å². The van der Waals surface area contributed by atoms with Crippen LogP contribution in [0.3, 0.4) is 0 Å². The van der Waals surface area contributed by atoms with Crippen molar-refractivity contribution in [2.24, 2.45) is 0 Å². The first-order chi connectivity index (χ1) is 15.0. The van der Waals surface area contributed by atoms with Crippen LogP contribution in [0, 0.1) is 0 Å². The van der Waals surface area contributed by atoms with Gasteiger partial charge in [0.1, 0.15) is 6.10 Å². The molecule has 5 rings (SSSR count). The molecule has 1 amide bonds. The molecule has 2 aromatic rings. The summed E-state index contributed by atoms with van der Waals surface area (Å²) in [6, 6.07) is 5.41. The van der Waals surface area contributed by atoms with Gasteiger partial charge in [-0.15, -0.1) is 0 Å². The van der Waals surface area contributed by atoms with E-state index in [4.69, 9.17) is 9.47 Å². The maximum absolute atomic E-state index is 13.3. The topological polar surface area (TPSA) is 102 Å². The molecule has 0 atom stereocenters. The lowest BCUT2D eigenvalue weighted by Gasteiger charge is -2.31. The molecule has 3 aliphatic rings. The molecule has 1 aromatic carbocycles. The van der Waals surface area contributed by atoms with Gasteiger partial charge in [0.25, 0.3) is 0 Å². The van der Waals surface area contributed by atoms with Gasteiger partial charge in [0, 0.05) is 38.3 Å². The number of aryl methyl sites for hydroxylation is 1. The second kappa shape index (κ2) is 7.76. The molecule has 9 nitrogen and oxygen atoms in total. The minimum atomic E-state index is -3.60. The van der Waals surface area contributed by atoms with Gasteiger partial charge in [0.2, 0.25) is 21.8 Å². The van der Waals surface area contributed by atoms with E-state index in [0.29, 0.717) is 62.5 Å². The summed E-state index contributed by atoms with van der Waals surface area (Å²) in [6.45, 7) is 1.40. The van der Waals surface area contributed by atoms with Gasteiger partial charge in [-0.25, -0.2) is 13.4 Å². The van der Waals surface area contributed by atoms with Crippen LogP contribution in [0.4, 0.5) is 5.69 Å². The van der Waals surface area contributed by atoms with Gasteiger partial charge >= 0.3 is 6.01 Å². The fraction of sp³-hybridized carbons (Fsp3) is 0.476. The highest BCUT2D eigenvalue weighted by Gasteiger charge is 2.35. The van der Waals surface area contributed by atoms with Crippen molar-refractivity contribution in [3.8, 4) is 11.9 Å². The standard InChI is InChI=1S/C21H24N4O5S/c1-29-21-22-8-4-18(23-21)30-16-6-9-24(10-7-16)31(27,28)17-12-14-2-3-19(26)25-11-5-15(13-17)20(14)25/h4,8,12-13,16H,2-3,5-7,9-11H2,1H3. The van der Waals surface area contributed by atoms with Gasteiger partial charge < -0.3 is 14.4 Å². The van der Waals surface area contributed by atoms with Gasteiger partial charge in [-0.2, -0.15) is 9.29 Å². The smallest absolute Gasteiger partial charge is 0.319 e. The lowest BCUT2D eigenvalue weighted by atomic mass is 10.00. The number of ether oxygens (including phenoxy) is 2. The first-order valence-corrected chi connectivity index (χ1v) is 11.9. The fourth-order valence-corrected chi connectivity index (χ4v) is 6.15. The maximum atomic E-state index is 13.3.